The molecule has 3 nitrogen and oxygen atoms in total. The number of nitrogens with zero attached hydrogens (tertiary/aromatic N) is 1. The second-order valence-electron chi connectivity index (χ2n) is 5.35. The molecule has 0 aromatic heterocycles. The summed E-state index contributed by atoms with van der Waals surface area (Å²) in [6.07, 6.45) is 1.47. The molecule has 0 radical (unpaired) electrons. The van der Waals surface area contributed by atoms with Gasteiger partial charge in [0.1, 0.15) is 0 Å². The van der Waals surface area contributed by atoms with Crippen LogP contribution in [0.4, 0.5) is 0 Å². The standard InChI is InChI=1S/C16H19NO2/c1-12-9-16(18)17(10-13-5-3-2-4-6-13)15-7-8-19-11-14(12)15/h2-6,12H,7-11H2,1H3. The molecule has 2 aliphatic heterocycles. The summed E-state index contributed by atoms with van der Waals surface area (Å²) < 4.78 is 5.55. The smallest absolute Gasteiger partial charge is 0.227 e. The molecule has 2 heterocycles. The lowest BCUT2D eigenvalue weighted by Gasteiger charge is -2.37. The van der Waals surface area contributed by atoms with Crippen molar-refractivity contribution < 1.29 is 9.53 Å². The van der Waals surface area contributed by atoms with Gasteiger partial charge in [-0.05, 0) is 17.1 Å². The Hall–Kier alpha value is -1.61. The second-order valence-corrected chi connectivity index (χ2v) is 5.35. The molecule has 1 aromatic rings. The number of amides is 1. The molecule has 3 rings (SSSR count). The van der Waals surface area contributed by atoms with Gasteiger partial charge in [-0.2, -0.15) is 0 Å². The lowest BCUT2D eigenvalue weighted by atomic mass is 9.89. The molecule has 0 spiro atoms. The number of benzene rings is 1. The quantitative estimate of drug-likeness (QED) is 0.815. The maximum absolute atomic E-state index is 12.3. The minimum Gasteiger partial charge on any atom is -0.377 e. The van der Waals surface area contributed by atoms with Crippen molar-refractivity contribution in [3.05, 3.63) is 47.2 Å². The Kier molecular flexibility index (Phi) is 3.38. The van der Waals surface area contributed by atoms with Crippen LogP contribution >= 0.6 is 0 Å². The maximum Gasteiger partial charge on any atom is 0.227 e. The fourth-order valence-electron chi connectivity index (χ4n) is 2.93. The van der Waals surface area contributed by atoms with E-state index in [4.69, 9.17) is 4.74 Å². The molecule has 0 fully saturated rings. The highest BCUT2D eigenvalue weighted by Crippen LogP contribution is 2.33. The van der Waals surface area contributed by atoms with Gasteiger partial charge in [-0.3, -0.25) is 4.79 Å². The zero-order valence-corrected chi connectivity index (χ0v) is 11.3. The van der Waals surface area contributed by atoms with E-state index in [1.807, 2.05) is 23.1 Å². The van der Waals surface area contributed by atoms with Crippen LogP contribution in [0, 0.1) is 5.92 Å². The third kappa shape index (κ3) is 2.43. The Morgan fingerprint density at radius 2 is 2.11 bits per heavy atom. The predicted octanol–water partition coefficient (Wildman–Crippen LogP) is 2.73. The summed E-state index contributed by atoms with van der Waals surface area (Å²) >= 11 is 0. The average Bonchev–Trinajstić information content (AvgIpc) is 2.45. The van der Waals surface area contributed by atoms with Gasteiger partial charge in [-0.15, -0.1) is 0 Å². The van der Waals surface area contributed by atoms with Gasteiger partial charge in [-0.25, -0.2) is 0 Å². The predicted molar refractivity (Wildman–Crippen MR) is 73.2 cm³/mol. The van der Waals surface area contributed by atoms with Crippen molar-refractivity contribution in [3.63, 3.8) is 0 Å². The van der Waals surface area contributed by atoms with Crippen molar-refractivity contribution >= 4 is 5.91 Å². The normalized spacial score (nSPS) is 23.5. The van der Waals surface area contributed by atoms with Crippen molar-refractivity contribution in [2.75, 3.05) is 13.2 Å². The van der Waals surface area contributed by atoms with E-state index in [1.54, 1.807) is 0 Å². The molecule has 0 N–H and O–H groups in total. The van der Waals surface area contributed by atoms with Gasteiger partial charge < -0.3 is 9.64 Å². The molecule has 19 heavy (non-hydrogen) atoms. The van der Waals surface area contributed by atoms with Crippen LogP contribution in [0.15, 0.2) is 41.6 Å². The first-order chi connectivity index (χ1) is 9.25. The maximum atomic E-state index is 12.3. The highest BCUT2D eigenvalue weighted by molar-refractivity contribution is 5.80. The SMILES string of the molecule is CC1CC(=O)N(Cc2ccccc2)C2=C1COCC2. The molecular weight excluding hydrogens is 238 g/mol. The van der Waals surface area contributed by atoms with Gasteiger partial charge in [0.05, 0.1) is 19.8 Å². The lowest BCUT2D eigenvalue weighted by Crippen LogP contribution is -2.39. The van der Waals surface area contributed by atoms with Crippen LogP contribution in [0.1, 0.15) is 25.3 Å². The summed E-state index contributed by atoms with van der Waals surface area (Å²) in [5.74, 6) is 0.576. The lowest BCUT2D eigenvalue weighted by molar-refractivity contribution is -0.132. The largest absolute Gasteiger partial charge is 0.377 e. The van der Waals surface area contributed by atoms with E-state index < -0.39 is 0 Å². The number of hydrogen-bond acceptors (Lipinski definition) is 2. The molecular formula is C16H19NO2. The Morgan fingerprint density at radius 3 is 2.89 bits per heavy atom. The Bertz CT molecular complexity index is 507. The topological polar surface area (TPSA) is 29.5 Å². The van der Waals surface area contributed by atoms with Crippen LogP contribution in [-0.4, -0.2) is 24.0 Å². The van der Waals surface area contributed by atoms with Gasteiger partial charge in [0.25, 0.3) is 0 Å². The molecule has 1 amide bonds. The van der Waals surface area contributed by atoms with Gasteiger partial charge >= 0.3 is 0 Å². The highest BCUT2D eigenvalue weighted by atomic mass is 16.5. The van der Waals surface area contributed by atoms with E-state index in [1.165, 1.54) is 16.8 Å². The van der Waals surface area contributed by atoms with Crippen LogP contribution < -0.4 is 0 Å². The summed E-state index contributed by atoms with van der Waals surface area (Å²) in [7, 11) is 0. The van der Waals surface area contributed by atoms with E-state index in [-0.39, 0.29) is 5.91 Å². The minimum absolute atomic E-state index is 0.247. The Morgan fingerprint density at radius 1 is 1.32 bits per heavy atom. The first-order valence-electron chi connectivity index (χ1n) is 6.89. The zero-order valence-electron chi connectivity index (χ0n) is 11.3. The highest BCUT2D eigenvalue weighted by Gasteiger charge is 2.32. The molecule has 0 bridgehead atoms. The van der Waals surface area contributed by atoms with Crippen LogP contribution in [-0.2, 0) is 16.1 Å². The molecule has 0 saturated heterocycles. The number of rotatable bonds is 2. The summed E-state index contributed by atoms with van der Waals surface area (Å²) in [5.41, 5.74) is 3.71. The molecule has 1 atom stereocenters. The fourth-order valence-corrected chi connectivity index (χ4v) is 2.93. The molecule has 3 heteroatoms. The first kappa shape index (κ1) is 12.4. The van der Waals surface area contributed by atoms with Crippen LogP contribution in [0.3, 0.4) is 0 Å². The molecule has 1 aromatic carbocycles. The average molecular weight is 257 g/mol. The third-order valence-electron chi connectivity index (χ3n) is 4.00. The molecule has 100 valence electrons. The van der Waals surface area contributed by atoms with Crippen molar-refractivity contribution in [3.8, 4) is 0 Å². The summed E-state index contributed by atoms with van der Waals surface area (Å²) in [4.78, 5) is 14.3. The van der Waals surface area contributed by atoms with Crippen LogP contribution in [0.5, 0.6) is 0 Å². The van der Waals surface area contributed by atoms with E-state index in [2.05, 4.69) is 19.1 Å². The van der Waals surface area contributed by atoms with E-state index in [9.17, 15) is 4.79 Å². The zero-order chi connectivity index (χ0) is 13.2. The van der Waals surface area contributed by atoms with Crippen molar-refractivity contribution in [2.45, 2.75) is 26.3 Å². The van der Waals surface area contributed by atoms with Crippen LogP contribution in [0.2, 0.25) is 0 Å². The van der Waals surface area contributed by atoms with Gasteiger partial charge in [0.15, 0.2) is 0 Å². The Labute approximate surface area is 113 Å². The molecule has 0 saturated carbocycles. The monoisotopic (exact) mass is 257 g/mol. The second kappa shape index (κ2) is 5.17. The fraction of sp³-hybridized carbons (Fsp3) is 0.438. The van der Waals surface area contributed by atoms with E-state index in [0.29, 0.717) is 25.5 Å². The summed E-state index contributed by atoms with van der Waals surface area (Å²) in [6.45, 7) is 4.23. The third-order valence-corrected chi connectivity index (χ3v) is 4.00. The van der Waals surface area contributed by atoms with Crippen LogP contribution in [0.25, 0.3) is 0 Å². The molecule has 2 aliphatic rings. The first-order valence-corrected chi connectivity index (χ1v) is 6.89. The summed E-state index contributed by atoms with van der Waals surface area (Å²) in [5, 5.41) is 0. The van der Waals surface area contributed by atoms with Gasteiger partial charge in [0, 0.05) is 18.5 Å². The van der Waals surface area contributed by atoms with Gasteiger partial charge in [0.2, 0.25) is 5.91 Å². The van der Waals surface area contributed by atoms with Crippen molar-refractivity contribution in [1.82, 2.24) is 4.90 Å². The number of hydrogen-bond donors (Lipinski definition) is 0. The van der Waals surface area contributed by atoms with E-state index in [0.717, 1.165) is 13.0 Å². The molecule has 0 aliphatic carbocycles. The van der Waals surface area contributed by atoms with Crippen molar-refractivity contribution in [1.29, 1.82) is 0 Å². The number of ether oxygens (including phenoxy) is 1. The summed E-state index contributed by atoms with van der Waals surface area (Å²) in [6, 6.07) is 10.2. The molecule has 1 unspecified atom stereocenters. The van der Waals surface area contributed by atoms with Gasteiger partial charge in [-0.1, -0.05) is 37.3 Å². The number of carbonyl (C=O) groups excluding carboxylic acids is 1. The Balaban J connectivity index is 1.90. The van der Waals surface area contributed by atoms with E-state index >= 15 is 0 Å². The number of carbonyl (C=O) groups is 1. The minimum atomic E-state index is 0.247. The van der Waals surface area contributed by atoms with Crippen molar-refractivity contribution in [2.24, 2.45) is 5.92 Å².